The molecule has 0 aromatic carbocycles. The van der Waals surface area contributed by atoms with Crippen LogP contribution in [-0.4, -0.2) is 73.1 Å². The lowest BCUT2D eigenvalue weighted by atomic mass is 9.81. The van der Waals surface area contributed by atoms with Gasteiger partial charge in [0.25, 0.3) is 0 Å². The number of nitrogens with two attached hydrogens (primary N) is 1. The fourth-order valence-electron chi connectivity index (χ4n) is 4.66. The highest BCUT2D eigenvalue weighted by Crippen LogP contribution is 2.36. The van der Waals surface area contributed by atoms with Crippen molar-refractivity contribution in [3.05, 3.63) is 0 Å². The van der Waals surface area contributed by atoms with E-state index in [4.69, 9.17) is 15.2 Å². The third-order valence-electron chi connectivity index (χ3n) is 6.02. The summed E-state index contributed by atoms with van der Waals surface area (Å²) in [6.45, 7) is 6.11. The minimum absolute atomic E-state index is 0.0730. The van der Waals surface area contributed by atoms with Crippen molar-refractivity contribution in [1.82, 2.24) is 15.1 Å². The topological polar surface area (TPSA) is 97.1 Å². The Bertz CT molecular complexity index is 544. The molecule has 5 unspecified atom stereocenters. The molecule has 3 aliphatic heterocycles. The molecule has 1 amide bonds. The first kappa shape index (κ1) is 20.5. The SMILES string of the molecule is COC(=O)C1CC2C(=O)N3CCCCC3NC2N(CCCOC(C)C)C1N. The predicted molar refractivity (Wildman–Crippen MR) is 100 cm³/mol. The number of methoxy groups -OCH3 is 1. The first-order valence-corrected chi connectivity index (χ1v) is 10.2. The van der Waals surface area contributed by atoms with Crippen LogP contribution >= 0.6 is 0 Å². The van der Waals surface area contributed by atoms with Crippen LogP contribution in [0.4, 0.5) is 0 Å². The van der Waals surface area contributed by atoms with Gasteiger partial charge in [-0.1, -0.05) is 0 Å². The number of piperidine rings is 2. The molecule has 8 nitrogen and oxygen atoms in total. The van der Waals surface area contributed by atoms with Crippen molar-refractivity contribution >= 4 is 11.9 Å². The first-order valence-electron chi connectivity index (χ1n) is 10.2. The lowest BCUT2D eigenvalue weighted by Crippen LogP contribution is -2.74. The molecule has 3 rings (SSSR count). The summed E-state index contributed by atoms with van der Waals surface area (Å²) >= 11 is 0. The Kier molecular flexibility index (Phi) is 6.73. The Morgan fingerprint density at radius 1 is 1.37 bits per heavy atom. The molecule has 8 heteroatoms. The molecule has 0 radical (unpaired) electrons. The molecule has 0 bridgehead atoms. The molecular formula is C19H34N4O4. The van der Waals surface area contributed by atoms with Gasteiger partial charge in [-0.15, -0.1) is 0 Å². The van der Waals surface area contributed by atoms with Crippen LogP contribution in [0.3, 0.4) is 0 Å². The minimum atomic E-state index is -0.491. The molecular weight excluding hydrogens is 348 g/mol. The number of hydrogen-bond donors (Lipinski definition) is 2. The van der Waals surface area contributed by atoms with Crippen molar-refractivity contribution in [3.8, 4) is 0 Å². The quantitative estimate of drug-likeness (QED) is 0.509. The zero-order chi connectivity index (χ0) is 19.6. The van der Waals surface area contributed by atoms with Gasteiger partial charge in [0.15, 0.2) is 0 Å². The van der Waals surface area contributed by atoms with Crippen LogP contribution in [0.1, 0.15) is 46.0 Å². The maximum atomic E-state index is 13.2. The second-order valence-electron chi connectivity index (χ2n) is 8.13. The number of hydrogen-bond acceptors (Lipinski definition) is 7. The number of amides is 1. The largest absolute Gasteiger partial charge is 0.469 e. The van der Waals surface area contributed by atoms with Gasteiger partial charge in [0, 0.05) is 19.7 Å². The number of carbonyl (C=O) groups excluding carboxylic acids is 2. The Morgan fingerprint density at radius 3 is 2.85 bits per heavy atom. The zero-order valence-corrected chi connectivity index (χ0v) is 16.7. The number of ether oxygens (including phenoxy) is 2. The van der Waals surface area contributed by atoms with E-state index in [1.54, 1.807) is 0 Å². The summed E-state index contributed by atoms with van der Waals surface area (Å²) < 4.78 is 10.6. The third kappa shape index (κ3) is 4.29. The molecule has 3 heterocycles. The Balaban J connectivity index is 1.77. The molecule has 27 heavy (non-hydrogen) atoms. The Morgan fingerprint density at radius 2 is 2.15 bits per heavy atom. The monoisotopic (exact) mass is 382 g/mol. The van der Waals surface area contributed by atoms with Gasteiger partial charge in [-0.25, -0.2) is 0 Å². The average molecular weight is 383 g/mol. The number of nitrogens with one attached hydrogen (secondary N) is 1. The van der Waals surface area contributed by atoms with E-state index in [0.29, 0.717) is 19.6 Å². The van der Waals surface area contributed by atoms with Crippen LogP contribution in [0.15, 0.2) is 0 Å². The molecule has 3 aliphatic rings. The number of rotatable bonds is 6. The molecule has 3 saturated heterocycles. The third-order valence-corrected chi connectivity index (χ3v) is 6.02. The molecule has 0 aliphatic carbocycles. The highest BCUT2D eigenvalue weighted by Gasteiger charge is 2.52. The van der Waals surface area contributed by atoms with Crippen LogP contribution in [0, 0.1) is 11.8 Å². The van der Waals surface area contributed by atoms with Crippen LogP contribution in [0.2, 0.25) is 0 Å². The van der Waals surface area contributed by atoms with Crippen molar-refractivity contribution in [2.24, 2.45) is 17.6 Å². The van der Waals surface area contributed by atoms with E-state index in [1.807, 2.05) is 18.7 Å². The van der Waals surface area contributed by atoms with E-state index in [9.17, 15) is 9.59 Å². The lowest BCUT2D eigenvalue weighted by molar-refractivity contribution is -0.168. The van der Waals surface area contributed by atoms with Gasteiger partial charge in [0.05, 0.1) is 43.5 Å². The minimum Gasteiger partial charge on any atom is -0.469 e. The smallest absolute Gasteiger partial charge is 0.311 e. The molecule has 3 N–H and O–H groups in total. The number of likely N-dealkylation sites (tertiary alicyclic amines) is 1. The van der Waals surface area contributed by atoms with Crippen LogP contribution in [0.25, 0.3) is 0 Å². The van der Waals surface area contributed by atoms with E-state index in [1.165, 1.54) is 7.11 Å². The summed E-state index contributed by atoms with van der Waals surface area (Å²) in [4.78, 5) is 29.5. The maximum absolute atomic E-state index is 13.2. The summed E-state index contributed by atoms with van der Waals surface area (Å²) in [7, 11) is 1.38. The number of esters is 1. The number of nitrogens with zero attached hydrogens (tertiary/aromatic N) is 2. The van der Waals surface area contributed by atoms with Crippen molar-refractivity contribution in [2.75, 3.05) is 26.8 Å². The van der Waals surface area contributed by atoms with E-state index in [-0.39, 0.29) is 36.2 Å². The maximum Gasteiger partial charge on any atom is 0.311 e. The van der Waals surface area contributed by atoms with Gasteiger partial charge in [-0.05, 0) is 46.0 Å². The molecule has 0 aromatic heterocycles. The highest BCUT2D eigenvalue weighted by atomic mass is 16.5. The molecule has 0 spiro atoms. The van der Waals surface area contributed by atoms with E-state index in [0.717, 1.165) is 32.2 Å². The molecule has 154 valence electrons. The van der Waals surface area contributed by atoms with Gasteiger partial charge in [-0.3, -0.25) is 19.8 Å². The summed E-state index contributed by atoms with van der Waals surface area (Å²) in [5.41, 5.74) is 6.48. The van der Waals surface area contributed by atoms with E-state index >= 15 is 0 Å². The Labute approximate surface area is 161 Å². The van der Waals surface area contributed by atoms with Gasteiger partial charge >= 0.3 is 5.97 Å². The second-order valence-corrected chi connectivity index (χ2v) is 8.13. The fraction of sp³-hybridized carbons (Fsp3) is 0.895. The van der Waals surface area contributed by atoms with Crippen molar-refractivity contribution in [3.63, 3.8) is 0 Å². The standard InChI is InChI=1S/C19H34N4O4/c1-12(2)27-10-6-9-23-16(20)13(19(25)26-3)11-14-17(23)21-15-7-4-5-8-22(15)18(14)24/h12-17,21H,4-11,20H2,1-3H3. The first-order chi connectivity index (χ1) is 12.9. The molecule has 5 atom stereocenters. The highest BCUT2D eigenvalue weighted by molar-refractivity contribution is 5.82. The van der Waals surface area contributed by atoms with Crippen LogP contribution in [-0.2, 0) is 19.1 Å². The van der Waals surface area contributed by atoms with Crippen molar-refractivity contribution in [2.45, 2.75) is 70.6 Å². The number of carbonyl (C=O) groups is 2. The second kappa shape index (κ2) is 8.86. The summed E-state index contributed by atoms with van der Waals surface area (Å²) in [5.74, 6) is -0.950. The number of fused-ring (bicyclic) bond motifs is 2. The summed E-state index contributed by atoms with van der Waals surface area (Å²) in [5, 5.41) is 3.65. The fourth-order valence-corrected chi connectivity index (χ4v) is 4.66. The van der Waals surface area contributed by atoms with Gasteiger partial charge in [0.1, 0.15) is 0 Å². The predicted octanol–water partition coefficient (Wildman–Crippen LogP) is 0.465. The average Bonchev–Trinajstić information content (AvgIpc) is 2.66. The molecule has 0 aromatic rings. The molecule has 0 saturated carbocycles. The lowest BCUT2D eigenvalue weighted by Gasteiger charge is -2.55. The summed E-state index contributed by atoms with van der Waals surface area (Å²) in [6, 6.07) is 0. The normalized spacial score (nSPS) is 34.3. The van der Waals surface area contributed by atoms with Crippen molar-refractivity contribution in [1.29, 1.82) is 0 Å². The molecule has 3 fully saturated rings. The van der Waals surface area contributed by atoms with Gasteiger partial charge < -0.3 is 20.1 Å². The van der Waals surface area contributed by atoms with Crippen molar-refractivity contribution < 1.29 is 19.1 Å². The zero-order valence-electron chi connectivity index (χ0n) is 16.7. The van der Waals surface area contributed by atoms with Gasteiger partial charge in [0.2, 0.25) is 5.91 Å². The Hall–Kier alpha value is -1.22. The summed E-state index contributed by atoms with van der Waals surface area (Å²) in [6.07, 6.45) is 4.02. The van der Waals surface area contributed by atoms with Crippen LogP contribution < -0.4 is 11.1 Å². The van der Waals surface area contributed by atoms with Gasteiger partial charge in [-0.2, -0.15) is 0 Å². The van der Waals surface area contributed by atoms with E-state index in [2.05, 4.69) is 10.2 Å². The van der Waals surface area contributed by atoms with Crippen LogP contribution in [0.5, 0.6) is 0 Å². The van der Waals surface area contributed by atoms with E-state index < -0.39 is 12.1 Å².